The summed E-state index contributed by atoms with van der Waals surface area (Å²) >= 11 is 6.04. The quantitative estimate of drug-likeness (QED) is 0.868. The van der Waals surface area contributed by atoms with E-state index in [1.54, 1.807) is 13.2 Å². The van der Waals surface area contributed by atoms with Crippen molar-refractivity contribution in [3.8, 4) is 5.75 Å². The number of methoxy groups -OCH3 is 1. The molecule has 0 saturated carbocycles. The molecule has 1 heterocycles. The van der Waals surface area contributed by atoms with Crippen molar-refractivity contribution >= 4 is 17.6 Å². The maximum atomic E-state index is 10.9. The number of carbonyl (C=O) groups is 1. The highest BCUT2D eigenvalue weighted by molar-refractivity contribution is 6.32. The number of benzene rings is 1. The van der Waals surface area contributed by atoms with Gasteiger partial charge in [0.05, 0.1) is 18.1 Å². The standard InChI is InChI=1S/C12H14ClNO3/c1-17-11-8(3-2-4-9(11)13)10-5-7(6-14-10)12(15)16/h2-4,7,10,14H,5-6H2,1H3,(H,15,16). The van der Waals surface area contributed by atoms with E-state index >= 15 is 0 Å². The number of rotatable bonds is 3. The summed E-state index contributed by atoms with van der Waals surface area (Å²) in [5.74, 6) is -0.484. The van der Waals surface area contributed by atoms with E-state index in [0.29, 0.717) is 23.7 Å². The van der Waals surface area contributed by atoms with Crippen molar-refractivity contribution in [1.82, 2.24) is 5.32 Å². The highest BCUT2D eigenvalue weighted by Crippen LogP contribution is 2.37. The van der Waals surface area contributed by atoms with Gasteiger partial charge in [-0.15, -0.1) is 0 Å². The smallest absolute Gasteiger partial charge is 0.307 e. The number of hydrogen-bond acceptors (Lipinski definition) is 3. The second-order valence-electron chi connectivity index (χ2n) is 4.09. The Balaban J connectivity index is 2.24. The fourth-order valence-corrected chi connectivity index (χ4v) is 2.44. The van der Waals surface area contributed by atoms with Crippen LogP contribution in [0.1, 0.15) is 18.0 Å². The number of para-hydroxylation sites is 1. The van der Waals surface area contributed by atoms with Gasteiger partial charge in [-0.2, -0.15) is 0 Å². The summed E-state index contributed by atoms with van der Waals surface area (Å²) in [6, 6.07) is 5.50. The Labute approximate surface area is 105 Å². The molecule has 2 N–H and O–H groups in total. The second kappa shape index (κ2) is 4.94. The molecule has 0 aliphatic carbocycles. The zero-order valence-corrected chi connectivity index (χ0v) is 10.2. The molecule has 1 aliphatic heterocycles. The van der Waals surface area contributed by atoms with Gasteiger partial charge in [-0.1, -0.05) is 23.7 Å². The molecule has 4 nitrogen and oxygen atoms in total. The molecule has 1 saturated heterocycles. The Hall–Kier alpha value is -1.26. The fraction of sp³-hybridized carbons (Fsp3) is 0.417. The lowest BCUT2D eigenvalue weighted by Crippen LogP contribution is -2.17. The van der Waals surface area contributed by atoms with Gasteiger partial charge >= 0.3 is 5.97 Å². The Morgan fingerprint density at radius 3 is 2.94 bits per heavy atom. The molecule has 1 fully saturated rings. The lowest BCUT2D eigenvalue weighted by Gasteiger charge is -2.15. The van der Waals surface area contributed by atoms with E-state index in [0.717, 1.165) is 5.56 Å². The van der Waals surface area contributed by atoms with Gasteiger partial charge < -0.3 is 15.2 Å². The lowest BCUT2D eigenvalue weighted by molar-refractivity contribution is -0.141. The van der Waals surface area contributed by atoms with E-state index in [4.69, 9.17) is 21.4 Å². The van der Waals surface area contributed by atoms with Crippen LogP contribution in [-0.2, 0) is 4.79 Å². The molecule has 2 rings (SSSR count). The highest BCUT2D eigenvalue weighted by Gasteiger charge is 2.31. The van der Waals surface area contributed by atoms with Crippen molar-refractivity contribution in [1.29, 1.82) is 0 Å². The normalized spacial score (nSPS) is 23.6. The van der Waals surface area contributed by atoms with Crippen LogP contribution in [0.5, 0.6) is 5.75 Å². The fourth-order valence-electron chi connectivity index (χ4n) is 2.18. The van der Waals surface area contributed by atoms with Crippen LogP contribution in [0.4, 0.5) is 0 Å². The van der Waals surface area contributed by atoms with Crippen molar-refractivity contribution in [3.63, 3.8) is 0 Å². The molecule has 2 atom stereocenters. The number of carboxylic acid groups (broad SMARTS) is 1. The Bertz CT molecular complexity index is 436. The molecule has 1 aliphatic rings. The van der Waals surface area contributed by atoms with Gasteiger partial charge in [0.25, 0.3) is 0 Å². The van der Waals surface area contributed by atoms with Gasteiger partial charge in [0.2, 0.25) is 0 Å². The molecule has 0 amide bonds. The number of aliphatic carboxylic acids is 1. The summed E-state index contributed by atoms with van der Waals surface area (Å²) in [7, 11) is 1.56. The van der Waals surface area contributed by atoms with Gasteiger partial charge in [-0.25, -0.2) is 0 Å². The average Bonchev–Trinajstić information content (AvgIpc) is 2.77. The summed E-state index contributed by atoms with van der Waals surface area (Å²) in [4.78, 5) is 10.9. The molecule has 0 spiro atoms. The molecule has 1 aromatic carbocycles. The van der Waals surface area contributed by atoms with Crippen molar-refractivity contribution in [2.24, 2.45) is 5.92 Å². The van der Waals surface area contributed by atoms with Crippen LogP contribution in [-0.4, -0.2) is 24.7 Å². The number of nitrogens with one attached hydrogen (secondary N) is 1. The third-order valence-corrected chi connectivity index (χ3v) is 3.35. The van der Waals surface area contributed by atoms with Crippen LogP contribution in [0.15, 0.2) is 18.2 Å². The molecule has 1 aromatic rings. The molecule has 2 unspecified atom stereocenters. The van der Waals surface area contributed by atoms with Gasteiger partial charge in [0, 0.05) is 18.2 Å². The monoisotopic (exact) mass is 255 g/mol. The number of carboxylic acids is 1. The van der Waals surface area contributed by atoms with Crippen molar-refractivity contribution < 1.29 is 14.6 Å². The van der Waals surface area contributed by atoms with Gasteiger partial charge in [-0.05, 0) is 12.5 Å². The predicted molar refractivity (Wildman–Crippen MR) is 64.5 cm³/mol. The minimum atomic E-state index is -0.763. The summed E-state index contributed by atoms with van der Waals surface area (Å²) in [6.45, 7) is 0.482. The van der Waals surface area contributed by atoms with Crippen LogP contribution in [0.2, 0.25) is 5.02 Å². The predicted octanol–water partition coefficient (Wildman–Crippen LogP) is 2.08. The molecule has 92 valence electrons. The van der Waals surface area contributed by atoms with E-state index in [1.807, 2.05) is 12.1 Å². The van der Waals surface area contributed by atoms with Crippen molar-refractivity contribution in [2.45, 2.75) is 12.5 Å². The maximum Gasteiger partial charge on any atom is 0.307 e. The second-order valence-corrected chi connectivity index (χ2v) is 4.50. The van der Waals surface area contributed by atoms with E-state index in [1.165, 1.54) is 0 Å². The van der Waals surface area contributed by atoms with Gasteiger partial charge in [0.15, 0.2) is 0 Å². The summed E-state index contributed by atoms with van der Waals surface area (Å²) in [6.07, 6.45) is 0.562. The van der Waals surface area contributed by atoms with Crippen LogP contribution < -0.4 is 10.1 Å². The molecule has 0 aromatic heterocycles. The zero-order valence-electron chi connectivity index (χ0n) is 9.44. The zero-order chi connectivity index (χ0) is 12.4. The first kappa shape index (κ1) is 12.2. The largest absolute Gasteiger partial charge is 0.495 e. The number of hydrogen-bond donors (Lipinski definition) is 2. The van der Waals surface area contributed by atoms with Crippen LogP contribution in [0.3, 0.4) is 0 Å². The molecular weight excluding hydrogens is 242 g/mol. The van der Waals surface area contributed by atoms with Crippen molar-refractivity contribution in [2.75, 3.05) is 13.7 Å². The van der Waals surface area contributed by atoms with Gasteiger partial charge in [-0.3, -0.25) is 4.79 Å². The first-order valence-corrected chi connectivity index (χ1v) is 5.80. The Kier molecular flexibility index (Phi) is 3.54. The van der Waals surface area contributed by atoms with Crippen LogP contribution >= 0.6 is 11.6 Å². The van der Waals surface area contributed by atoms with Gasteiger partial charge in [0.1, 0.15) is 5.75 Å². The summed E-state index contributed by atoms with van der Waals surface area (Å²) in [5.41, 5.74) is 0.920. The van der Waals surface area contributed by atoms with Crippen LogP contribution in [0, 0.1) is 5.92 Å². The first-order valence-electron chi connectivity index (χ1n) is 5.42. The minimum absolute atomic E-state index is 0.00949. The Morgan fingerprint density at radius 2 is 2.35 bits per heavy atom. The summed E-state index contributed by atoms with van der Waals surface area (Å²) < 4.78 is 5.26. The van der Waals surface area contributed by atoms with Crippen LogP contribution in [0.25, 0.3) is 0 Å². The van der Waals surface area contributed by atoms with Crippen molar-refractivity contribution in [3.05, 3.63) is 28.8 Å². The highest BCUT2D eigenvalue weighted by atomic mass is 35.5. The van der Waals surface area contributed by atoms with E-state index in [-0.39, 0.29) is 12.0 Å². The molecular formula is C12H14ClNO3. The Morgan fingerprint density at radius 1 is 1.59 bits per heavy atom. The number of ether oxygens (including phenoxy) is 1. The molecule has 0 bridgehead atoms. The third-order valence-electron chi connectivity index (χ3n) is 3.06. The third kappa shape index (κ3) is 2.37. The maximum absolute atomic E-state index is 10.9. The minimum Gasteiger partial charge on any atom is -0.495 e. The number of halogens is 1. The lowest BCUT2D eigenvalue weighted by atomic mass is 9.99. The molecule has 17 heavy (non-hydrogen) atoms. The van der Waals surface area contributed by atoms with E-state index in [9.17, 15) is 4.79 Å². The average molecular weight is 256 g/mol. The summed E-state index contributed by atoms with van der Waals surface area (Å²) in [5, 5.41) is 12.7. The topological polar surface area (TPSA) is 58.6 Å². The van der Waals surface area contributed by atoms with E-state index < -0.39 is 5.97 Å². The first-order chi connectivity index (χ1) is 8.13. The molecule has 5 heteroatoms. The van der Waals surface area contributed by atoms with E-state index in [2.05, 4.69) is 5.32 Å². The molecule has 0 radical (unpaired) electrons. The SMILES string of the molecule is COc1c(Cl)cccc1C1CC(C(=O)O)CN1.